The van der Waals surface area contributed by atoms with Gasteiger partial charge >= 0.3 is 6.03 Å². The van der Waals surface area contributed by atoms with Crippen molar-refractivity contribution in [3.05, 3.63) is 36.0 Å². The van der Waals surface area contributed by atoms with E-state index in [1.807, 2.05) is 25.1 Å². The number of hydrogen-bond acceptors (Lipinski definition) is 3. The van der Waals surface area contributed by atoms with E-state index in [0.29, 0.717) is 17.3 Å². The van der Waals surface area contributed by atoms with Gasteiger partial charge < -0.3 is 10.1 Å². The van der Waals surface area contributed by atoms with Crippen LogP contribution < -0.4 is 15.4 Å². The molecule has 2 rings (SSSR count). The smallest absolute Gasteiger partial charge is 0.324 e. The lowest BCUT2D eigenvalue weighted by Gasteiger charge is -2.11. The van der Waals surface area contributed by atoms with Crippen LogP contribution in [0.5, 0.6) is 5.75 Å². The van der Waals surface area contributed by atoms with Gasteiger partial charge in [0.1, 0.15) is 11.6 Å². The van der Waals surface area contributed by atoms with Gasteiger partial charge in [-0.05, 0) is 24.6 Å². The van der Waals surface area contributed by atoms with Gasteiger partial charge in [-0.2, -0.15) is 5.10 Å². The van der Waals surface area contributed by atoms with Crippen LogP contribution in [0.2, 0.25) is 0 Å². The van der Waals surface area contributed by atoms with Gasteiger partial charge in [-0.1, -0.05) is 6.07 Å². The average Bonchev–Trinajstić information content (AvgIpc) is 2.75. The summed E-state index contributed by atoms with van der Waals surface area (Å²) in [5, 5.41) is 9.43. The van der Waals surface area contributed by atoms with Crippen molar-refractivity contribution in [1.82, 2.24) is 9.78 Å². The topological polar surface area (TPSA) is 68.2 Å². The molecular weight excluding hydrogens is 244 g/mol. The van der Waals surface area contributed by atoms with E-state index in [1.165, 1.54) is 0 Å². The number of rotatable bonds is 3. The molecule has 0 saturated heterocycles. The van der Waals surface area contributed by atoms with Gasteiger partial charge in [-0.15, -0.1) is 0 Å². The average molecular weight is 260 g/mol. The Morgan fingerprint density at radius 2 is 2.11 bits per heavy atom. The van der Waals surface area contributed by atoms with Crippen LogP contribution in [-0.2, 0) is 7.05 Å². The molecule has 1 heterocycles. The third-order valence-electron chi connectivity index (χ3n) is 2.67. The Bertz CT molecular complexity index is 592. The molecule has 100 valence electrons. The molecule has 6 nitrogen and oxygen atoms in total. The summed E-state index contributed by atoms with van der Waals surface area (Å²) in [5.74, 6) is 1.23. The summed E-state index contributed by atoms with van der Waals surface area (Å²) in [6, 6.07) is 6.96. The number of urea groups is 1. The zero-order valence-corrected chi connectivity index (χ0v) is 11.1. The van der Waals surface area contributed by atoms with E-state index >= 15 is 0 Å². The number of methoxy groups -OCH3 is 1. The van der Waals surface area contributed by atoms with Crippen molar-refractivity contribution in [3.8, 4) is 5.75 Å². The minimum atomic E-state index is -0.340. The Balaban J connectivity index is 2.11. The van der Waals surface area contributed by atoms with Crippen molar-refractivity contribution in [2.24, 2.45) is 7.05 Å². The minimum Gasteiger partial charge on any atom is -0.495 e. The molecule has 0 aliphatic heterocycles. The van der Waals surface area contributed by atoms with Crippen LogP contribution in [0.25, 0.3) is 0 Å². The number of hydrogen-bond donors (Lipinski definition) is 2. The maximum Gasteiger partial charge on any atom is 0.324 e. The molecule has 0 unspecified atom stereocenters. The van der Waals surface area contributed by atoms with E-state index in [-0.39, 0.29) is 6.03 Å². The maximum absolute atomic E-state index is 11.9. The van der Waals surface area contributed by atoms with Crippen LogP contribution in [0.15, 0.2) is 30.5 Å². The number of aromatic nitrogens is 2. The molecule has 2 aromatic rings. The van der Waals surface area contributed by atoms with Gasteiger partial charge in [0, 0.05) is 13.1 Å². The molecule has 1 aromatic heterocycles. The lowest BCUT2D eigenvalue weighted by molar-refractivity contribution is 0.262. The van der Waals surface area contributed by atoms with Crippen LogP contribution in [-0.4, -0.2) is 22.9 Å². The van der Waals surface area contributed by atoms with Crippen LogP contribution in [0.4, 0.5) is 16.3 Å². The zero-order valence-electron chi connectivity index (χ0n) is 11.1. The first-order chi connectivity index (χ1) is 9.10. The highest BCUT2D eigenvalue weighted by molar-refractivity contribution is 6.00. The molecule has 0 aliphatic carbocycles. The summed E-state index contributed by atoms with van der Waals surface area (Å²) < 4.78 is 6.78. The largest absolute Gasteiger partial charge is 0.495 e. The fourth-order valence-corrected chi connectivity index (χ4v) is 1.69. The quantitative estimate of drug-likeness (QED) is 0.890. The van der Waals surface area contributed by atoms with Crippen molar-refractivity contribution in [2.45, 2.75) is 6.92 Å². The standard InChI is InChI=1S/C13H16N4O2/c1-9-4-5-11(19-3)10(8-9)15-13(18)16-12-6-7-14-17(12)2/h4-8H,1-3H3,(H2,15,16,18). The molecule has 0 radical (unpaired) electrons. The Labute approximate surface area is 111 Å². The minimum absolute atomic E-state index is 0.340. The Morgan fingerprint density at radius 1 is 1.32 bits per heavy atom. The van der Waals surface area contributed by atoms with Crippen LogP contribution >= 0.6 is 0 Å². The molecule has 6 heteroatoms. The van der Waals surface area contributed by atoms with E-state index < -0.39 is 0 Å². The number of nitrogens with zero attached hydrogens (tertiary/aromatic N) is 2. The molecule has 0 saturated carbocycles. The first-order valence-corrected chi connectivity index (χ1v) is 5.81. The second-order valence-corrected chi connectivity index (χ2v) is 4.12. The van der Waals surface area contributed by atoms with E-state index in [1.54, 1.807) is 31.1 Å². The molecule has 0 atom stereocenters. The first kappa shape index (κ1) is 12.9. The lowest BCUT2D eigenvalue weighted by Crippen LogP contribution is -2.21. The molecule has 0 spiro atoms. The van der Waals surface area contributed by atoms with Crippen molar-refractivity contribution >= 4 is 17.5 Å². The third-order valence-corrected chi connectivity index (χ3v) is 2.67. The predicted molar refractivity (Wildman–Crippen MR) is 73.6 cm³/mol. The maximum atomic E-state index is 11.9. The van der Waals surface area contributed by atoms with Crippen LogP contribution in [0.1, 0.15) is 5.56 Å². The molecule has 0 fully saturated rings. The number of ether oxygens (including phenoxy) is 1. The summed E-state index contributed by atoms with van der Waals surface area (Å²) in [4.78, 5) is 11.9. The van der Waals surface area contributed by atoms with E-state index in [9.17, 15) is 4.79 Å². The number of carbonyl (C=O) groups is 1. The van der Waals surface area contributed by atoms with E-state index in [4.69, 9.17) is 4.74 Å². The van der Waals surface area contributed by atoms with Gasteiger partial charge in [-0.3, -0.25) is 10.00 Å². The number of nitrogens with one attached hydrogen (secondary N) is 2. The molecule has 0 bridgehead atoms. The number of aryl methyl sites for hydroxylation is 2. The van der Waals surface area contributed by atoms with E-state index in [2.05, 4.69) is 15.7 Å². The van der Waals surface area contributed by atoms with Gasteiger partial charge in [0.05, 0.1) is 19.0 Å². The number of benzene rings is 1. The van der Waals surface area contributed by atoms with Gasteiger partial charge in [0.2, 0.25) is 0 Å². The molecule has 2 N–H and O–H groups in total. The number of anilines is 2. The second-order valence-electron chi connectivity index (χ2n) is 4.12. The summed E-state index contributed by atoms with van der Waals surface area (Å²) in [6.07, 6.45) is 1.61. The number of carbonyl (C=O) groups excluding carboxylic acids is 1. The number of amides is 2. The van der Waals surface area contributed by atoms with Crippen LogP contribution in [0.3, 0.4) is 0 Å². The summed E-state index contributed by atoms with van der Waals surface area (Å²) in [6.45, 7) is 1.95. The highest BCUT2D eigenvalue weighted by Gasteiger charge is 2.09. The molecule has 0 aliphatic rings. The second kappa shape index (κ2) is 5.43. The van der Waals surface area contributed by atoms with Crippen molar-refractivity contribution < 1.29 is 9.53 Å². The van der Waals surface area contributed by atoms with Crippen LogP contribution in [0, 0.1) is 6.92 Å². The zero-order chi connectivity index (χ0) is 13.8. The van der Waals surface area contributed by atoms with Gasteiger partial charge in [0.15, 0.2) is 0 Å². The Kier molecular flexibility index (Phi) is 3.70. The van der Waals surface area contributed by atoms with Crippen molar-refractivity contribution in [3.63, 3.8) is 0 Å². The highest BCUT2D eigenvalue weighted by Crippen LogP contribution is 2.25. The lowest BCUT2D eigenvalue weighted by atomic mass is 10.2. The normalized spacial score (nSPS) is 10.1. The fourth-order valence-electron chi connectivity index (χ4n) is 1.69. The van der Waals surface area contributed by atoms with Crippen molar-refractivity contribution in [2.75, 3.05) is 17.7 Å². The third kappa shape index (κ3) is 3.04. The molecule has 2 amide bonds. The fraction of sp³-hybridized carbons (Fsp3) is 0.231. The summed E-state index contributed by atoms with van der Waals surface area (Å²) >= 11 is 0. The highest BCUT2D eigenvalue weighted by atomic mass is 16.5. The summed E-state index contributed by atoms with van der Waals surface area (Å²) in [7, 11) is 3.32. The monoisotopic (exact) mass is 260 g/mol. The molecular formula is C13H16N4O2. The van der Waals surface area contributed by atoms with E-state index in [0.717, 1.165) is 5.56 Å². The predicted octanol–water partition coefficient (Wildman–Crippen LogP) is 2.38. The first-order valence-electron chi connectivity index (χ1n) is 5.81. The Morgan fingerprint density at radius 3 is 2.74 bits per heavy atom. The Hall–Kier alpha value is -2.50. The van der Waals surface area contributed by atoms with Crippen molar-refractivity contribution in [1.29, 1.82) is 0 Å². The molecule has 1 aromatic carbocycles. The molecule has 19 heavy (non-hydrogen) atoms. The van der Waals surface area contributed by atoms with Gasteiger partial charge in [-0.25, -0.2) is 4.79 Å². The SMILES string of the molecule is COc1ccc(C)cc1NC(=O)Nc1ccnn1C. The summed E-state index contributed by atoms with van der Waals surface area (Å²) in [5.41, 5.74) is 1.67. The van der Waals surface area contributed by atoms with Gasteiger partial charge in [0.25, 0.3) is 0 Å².